The first-order valence-electron chi connectivity index (χ1n) is 11.0. The third-order valence-corrected chi connectivity index (χ3v) is 6.14. The van der Waals surface area contributed by atoms with Crippen molar-refractivity contribution in [1.29, 1.82) is 0 Å². The maximum Gasteiger partial charge on any atom is 0.353 e. The molecule has 1 aromatic heterocycles. The lowest BCUT2D eigenvalue weighted by atomic mass is 9.92. The molecule has 9 heteroatoms. The zero-order valence-electron chi connectivity index (χ0n) is 18.3. The van der Waals surface area contributed by atoms with Gasteiger partial charge in [-0.15, -0.1) is 0 Å². The van der Waals surface area contributed by atoms with E-state index in [0.29, 0.717) is 36.7 Å². The molecule has 2 fully saturated rings. The first-order chi connectivity index (χ1) is 14.9. The highest BCUT2D eigenvalue weighted by Crippen LogP contribution is 2.35. The number of hydrogen-bond donors (Lipinski definition) is 1. The van der Waals surface area contributed by atoms with Gasteiger partial charge in [0.25, 0.3) is 0 Å². The first-order valence-corrected chi connectivity index (χ1v) is 11.0. The van der Waals surface area contributed by atoms with Gasteiger partial charge in [-0.1, -0.05) is 44.2 Å². The molecule has 0 bridgehead atoms. The van der Waals surface area contributed by atoms with Gasteiger partial charge in [0.1, 0.15) is 0 Å². The van der Waals surface area contributed by atoms with Crippen molar-refractivity contribution in [2.24, 2.45) is 11.8 Å². The highest BCUT2D eigenvalue weighted by molar-refractivity contribution is 5.71. The lowest BCUT2D eigenvalue weighted by Gasteiger charge is -2.37. The van der Waals surface area contributed by atoms with E-state index < -0.39 is 4.92 Å². The van der Waals surface area contributed by atoms with Crippen molar-refractivity contribution < 1.29 is 4.92 Å². The third kappa shape index (κ3) is 4.87. The molecular weight excluding hydrogens is 394 g/mol. The van der Waals surface area contributed by atoms with E-state index in [4.69, 9.17) is 5.73 Å². The van der Waals surface area contributed by atoms with E-state index in [9.17, 15) is 10.1 Å². The summed E-state index contributed by atoms with van der Waals surface area (Å²) in [7, 11) is 0. The molecular formula is C22H31N7O2. The predicted octanol–water partition coefficient (Wildman–Crippen LogP) is 2.77. The van der Waals surface area contributed by atoms with Gasteiger partial charge in [0.15, 0.2) is 0 Å². The van der Waals surface area contributed by atoms with E-state index in [0.717, 1.165) is 39.1 Å². The minimum Gasteiger partial charge on any atom is -0.378 e. The van der Waals surface area contributed by atoms with Crippen molar-refractivity contribution >= 4 is 23.3 Å². The fraction of sp³-hybridized carbons (Fsp3) is 0.545. The number of piperazine rings is 1. The summed E-state index contributed by atoms with van der Waals surface area (Å²) < 4.78 is 0. The van der Waals surface area contributed by atoms with Gasteiger partial charge in [-0.05, 0) is 23.8 Å². The summed E-state index contributed by atoms with van der Waals surface area (Å²) in [5.41, 5.74) is 7.16. The quantitative estimate of drug-likeness (QED) is 0.576. The van der Waals surface area contributed by atoms with Crippen LogP contribution in [0.2, 0.25) is 0 Å². The van der Waals surface area contributed by atoms with Gasteiger partial charge in [0.2, 0.25) is 17.6 Å². The SMILES string of the molecule is C[C@H]1C[C@H](C)CN(c2nc(N)c([N+](=O)[O-])c(N3CCN(Cc4ccccc4)CC3)n2)C1. The van der Waals surface area contributed by atoms with Gasteiger partial charge >= 0.3 is 5.69 Å². The maximum atomic E-state index is 11.8. The molecule has 0 saturated carbocycles. The normalized spacial score (nSPS) is 22.5. The summed E-state index contributed by atoms with van der Waals surface area (Å²) in [6.45, 7) is 9.92. The van der Waals surface area contributed by atoms with Gasteiger partial charge in [-0.25, -0.2) is 0 Å². The number of aromatic nitrogens is 2. The van der Waals surface area contributed by atoms with Crippen LogP contribution in [0.1, 0.15) is 25.8 Å². The number of benzene rings is 1. The average Bonchev–Trinajstić information content (AvgIpc) is 2.73. The second kappa shape index (κ2) is 9.05. The van der Waals surface area contributed by atoms with E-state index in [-0.39, 0.29) is 11.5 Å². The smallest absolute Gasteiger partial charge is 0.353 e. The fourth-order valence-corrected chi connectivity index (χ4v) is 4.77. The van der Waals surface area contributed by atoms with Crippen LogP contribution in [-0.2, 0) is 6.54 Å². The molecule has 9 nitrogen and oxygen atoms in total. The monoisotopic (exact) mass is 425 g/mol. The van der Waals surface area contributed by atoms with Crippen molar-refractivity contribution in [3.63, 3.8) is 0 Å². The Hall–Kier alpha value is -2.94. The Morgan fingerprint density at radius 2 is 1.68 bits per heavy atom. The number of nitro groups is 1. The molecule has 31 heavy (non-hydrogen) atoms. The molecule has 0 spiro atoms. The summed E-state index contributed by atoms with van der Waals surface area (Å²) in [5.74, 6) is 1.84. The topological polar surface area (TPSA) is 105 Å². The van der Waals surface area contributed by atoms with Gasteiger partial charge < -0.3 is 15.5 Å². The number of hydrogen-bond acceptors (Lipinski definition) is 8. The third-order valence-electron chi connectivity index (χ3n) is 6.14. The van der Waals surface area contributed by atoms with Crippen molar-refractivity contribution in [1.82, 2.24) is 14.9 Å². The Morgan fingerprint density at radius 1 is 1.03 bits per heavy atom. The van der Waals surface area contributed by atoms with Crippen LogP contribution < -0.4 is 15.5 Å². The second-order valence-electron chi connectivity index (χ2n) is 8.94. The molecule has 2 saturated heterocycles. The van der Waals surface area contributed by atoms with E-state index in [1.165, 1.54) is 5.56 Å². The van der Waals surface area contributed by atoms with Crippen LogP contribution in [0.25, 0.3) is 0 Å². The Labute approximate surface area is 183 Å². The highest BCUT2D eigenvalue weighted by Gasteiger charge is 2.32. The molecule has 2 atom stereocenters. The summed E-state index contributed by atoms with van der Waals surface area (Å²) in [6, 6.07) is 10.3. The van der Waals surface area contributed by atoms with Crippen molar-refractivity contribution in [3.05, 3.63) is 46.0 Å². The Balaban J connectivity index is 1.54. The van der Waals surface area contributed by atoms with Crippen LogP contribution in [0.3, 0.4) is 0 Å². The molecule has 4 rings (SSSR count). The molecule has 0 amide bonds. The maximum absolute atomic E-state index is 11.8. The van der Waals surface area contributed by atoms with Crippen LogP contribution in [0.4, 0.5) is 23.3 Å². The minimum atomic E-state index is -0.452. The number of piperidine rings is 1. The highest BCUT2D eigenvalue weighted by atomic mass is 16.6. The number of nitrogens with zero attached hydrogens (tertiary/aromatic N) is 6. The van der Waals surface area contributed by atoms with Crippen LogP contribution in [0.5, 0.6) is 0 Å². The molecule has 2 aromatic rings. The summed E-state index contributed by atoms with van der Waals surface area (Å²) in [6.07, 6.45) is 1.16. The lowest BCUT2D eigenvalue weighted by molar-refractivity contribution is -0.383. The van der Waals surface area contributed by atoms with E-state index in [1.807, 2.05) is 23.1 Å². The summed E-state index contributed by atoms with van der Waals surface area (Å²) in [4.78, 5) is 26.8. The van der Waals surface area contributed by atoms with E-state index in [2.05, 4.69) is 45.7 Å². The number of nitrogens with two attached hydrogens (primary N) is 1. The number of nitrogen functional groups attached to an aromatic ring is 1. The van der Waals surface area contributed by atoms with Crippen molar-refractivity contribution in [3.8, 4) is 0 Å². The molecule has 0 aliphatic carbocycles. The Morgan fingerprint density at radius 3 is 2.29 bits per heavy atom. The van der Waals surface area contributed by atoms with Crippen LogP contribution in [-0.4, -0.2) is 59.1 Å². The van der Waals surface area contributed by atoms with Crippen molar-refractivity contribution in [2.75, 3.05) is 54.8 Å². The molecule has 2 aliphatic rings. The number of anilines is 3. The molecule has 0 radical (unpaired) electrons. The van der Waals surface area contributed by atoms with Crippen LogP contribution in [0, 0.1) is 22.0 Å². The largest absolute Gasteiger partial charge is 0.378 e. The van der Waals surface area contributed by atoms with Gasteiger partial charge in [0.05, 0.1) is 4.92 Å². The Bertz CT molecular complexity index is 906. The molecule has 1 aromatic carbocycles. The van der Waals surface area contributed by atoms with E-state index >= 15 is 0 Å². The predicted molar refractivity (Wildman–Crippen MR) is 122 cm³/mol. The summed E-state index contributed by atoms with van der Waals surface area (Å²) in [5, 5.41) is 11.8. The lowest BCUT2D eigenvalue weighted by Crippen LogP contribution is -2.46. The summed E-state index contributed by atoms with van der Waals surface area (Å²) >= 11 is 0. The molecule has 166 valence electrons. The zero-order chi connectivity index (χ0) is 22.0. The minimum absolute atomic E-state index is 0.0532. The van der Waals surface area contributed by atoms with Crippen LogP contribution in [0.15, 0.2) is 30.3 Å². The second-order valence-corrected chi connectivity index (χ2v) is 8.94. The number of rotatable bonds is 5. The van der Waals surface area contributed by atoms with Gasteiger partial charge in [0, 0.05) is 45.8 Å². The molecule has 3 heterocycles. The fourth-order valence-electron chi connectivity index (χ4n) is 4.77. The van der Waals surface area contributed by atoms with Gasteiger partial charge in [-0.2, -0.15) is 9.97 Å². The zero-order valence-corrected chi connectivity index (χ0v) is 18.3. The van der Waals surface area contributed by atoms with Gasteiger partial charge in [-0.3, -0.25) is 15.0 Å². The standard InChI is InChI=1S/C22H31N7O2/c1-16-12-17(2)14-28(13-16)22-24-20(23)19(29(30)31)21(25-22)27-10-8-26(9-11-27)15-18-6-4-3-5-7-18/h3-7,16-17H,8-15H2,1-2H3,(H2,23,24,25)/t16-,17-/m0/s1. The average molecular weight is 426 g/mol. The Kier molecular flexibility index (Phi) is 6.22. The molecule has 0 unspecified atom stereocenters. The van der Waals surface area contributed by atoms with E-state index in [1.54, 1.807) is 0 Å². The molecule has 2 aliphatic heterocycles. The van der Waals surface area contributed by atoms with Crippen LogP contribution >= 0.6 is 0 Å². The van der Waals surface area contributed by atoms with Crippen molar-refractivity contribution in [2.45, 2.75) is 26.8 Å². The molecule has 2 N–H and O–H groups in total. The first kappa shape index (κ1) is 21.3.